The van der Waals surface area contributed by atoms with Crippen LogP contribution in [0.4, 0.5) is 0 Å². The fourth-order valence-electron chi connectivity index (χ4n) is 1.60. The van der Waals surface area contributed by atoms with E-state index in [1.807, 2.05) is 0 Å². The van der Waals surface area contributed by atoms with Crippen molar-refractivity contribution in [3.63, 3.8) is 0 Å². The molecule has 0 radical (unpaired) electrons. The Hall–Kier alpha value is -0.560. The predicted molar refractivity (Wildman–Crippen MR) is 71.5 cm³/mol. The first-order valence-corrected chi connectivity index (χ1v) is 5.90. The molecule has 0 fully saturated rings. The smallest absolute Gasteiger partial charge is 0.0236 e. The van der Waals surface area contributed by atoms with Crippen LogP contribution in [0.1, 0.15) is 60.3 Å². The van der Waals surface area contributed by atoms with Gasteiger partial charge in [0.15, 0.2) is 0 Å². The minimum absolute atomic E-state index is 0. The van der Waals surface area contributed by atoms with Gasteiger partial charge < -0.3 is 6.15 Å². The minimum Gasteiger partial charge on any atom is -0.344 e. The van der Waals surface area contributed by atoms with Crippen LogP contribution in [0.5, 0.6) is 0 Å². The molecule has 0 unspecified atom stereocenters. The molecule has 0 atom stereocenters. The van der Waals surface area contributed by atoms with Crippen LogP contribution in [0.15, 0.2) is 23.3 Å². The summed E-state index contributed by atoms with van der Waals surface area (Å²) < 4.78 is 0. The normalized spacial score (nSPS) is 11.2. The first-order valence-electron chi connectivity index (χ1n) is 5.90. The summed E-state index contributed by atoms with van der Waals surface area (Å²) in [5, 5.41) is 0. The summed E-state index contributed by atoms with van der Waals surface area (Å²) in [6, 6.07) is 0. The Morgan fingerprint density at radius 3 is 2.00 bits per heavy atom. The largest absolute Gasteiger partial charge is 0.344 e. The number of hydrogen-bond acceptors (Lipinski definition) is 1. The van der Waals surface area contributed by atoms with Gasteiger partial charge in [0, 0.05) is 0 Å². The highest BCUT2D eigenvalue weighted by Crippen LogP contribution is 2.15. The first kappa shape index (κ1) is 16.9. The fourth-order valence-corrected chi connectivity index (χ4v) is 1.60. The van der Waals surface area contributed by atoms with Crippen molar-refractivity contribution in [1.29, 1.82) is 0 Å². The monoisotopic (exact) mass is 211 g/mol. The second-order valence-electron chi connectivity index (χ2n) is 4.41. The molecule has 0 amide bonds. The molecule has 0 aromatic heterocycles. The second-order valence-corrected chi connectivity index (χ2v) is 4.41. The van der Waals surface area contributed by atoms with Crippen molar-refractivity contribution >= 4 is 0 Å². The van der Waals surface area contributed by atoms with Gasteiger partial charge in [0.25, 0.3) is 0 Å². The van der Waals surface area contributed by atoms with E-state index < -0.39 is 0 Å². The molecule has 0 saturated carbocycles. The number of hydrogen-bond donors (Lipinski definition) is 1. The maximum Gasteiger partial charge on any atom is -0.0236 e. The minimum atomic E-state index is 0. The molecule has 0 rings (SSSR count). The zero-order chi connectivity index (χ0) is 11.0. The number of rotatable bonds is 6. The zero-order valence-electron chi connectivity index (χ0n) is 11.3. The molecule has 0 bridgehead atoms. The van der Waals surface area contributed by atoms with Crippen LogP contribution < -0.4 is 6.15 Å². The molecule has 0 aliphatic carbocycles. The summed E-state index contributed by atoms with van der Waals surface area (Å²) in [6.07, 6.45) is 9.75. The van der Waals surface area contributed by atoms with Crippen LogP contribution in [-0.4, -0.2) is 0 Å². The molecule has 0 aromatic carbocycles. The standard InChI is InChI=1S/C14H26.H3N/c1-6-14(7-2)11-13(5)10-8-9-12(3)4;/h9,11,14H,6-8,10H2,1-5H3;1H3/b13-11+;. The van der Waals surface area contributed by atoms with E-state index >= 15 is 0 Å². The van der Waals surface area contributed by atoms with Crippen LogP contribution in [0.25, 0.3) is 0 Å². The summed E-state index contributed by atoms with van der Waals surface area (Å²) >= 11 is 0. The van der Waals surface area contributed by atoms with Gasteiger partial charge in [-0.05, 0) is 52.4 Å². The molecule has 3 N–H and O–H groups in total. The highest BCUT2D eigenvalue weighted by Gasteiger charge is 1.99. The Bertz CT molecular complexity index is 193. The van der Waals surface area contributed by atoms with E-state index in [4.69, 9.17) is 0 Å². The Morgan fingerprint density at radius 2 is 1.60 bits per heavy atom. The summed E-state index contributed by atoms with van der Waals surface area (Å²) in [7, 11) is 0. The maximum atomic E-state index is 2.46. The Labute approximate surface area is 96.2 Å². The quantitative estimate of drug-likeness (QED) is 0.596. The van der Waals surface area contributed by atoms with Gasteiger partial charge >= 0.3 is 0 Å². The van der Waals surface area contributed by atoms with Crippen molar-refractivity contribution in [1.82, 2.24) is 6.15 Å². The molecule has 1 nitrogen and oxygen atoms in total. The third kappa shape index (κ3) is 9.74. The Morgan fingerprint density at radius 1 is 1.07 bits per heavy atom. The van der Waals surface area contributed by atoms with Crippen LogP contribution in [0.2, 0.25) is 0 Å². The molecule has 0 spiro atoms. The predicted octanol–water partition coefficient (Wildman–Crippen LogP) is 5.28. The maximum absolute atomic E-state index is 2.46. The molecule has 0 aliphatic rings. The fraction of sp³-hybridized carbons (Fsp3) is 0.714. The summed E-state index contributed by atoms with van der Waals surface area (Å²) in [5.74, 6) is 0.793. The summed E-state index contributed by atoms with van der Waals surface area (Å²) in [4.78, 5) is 0. The van der Waals surface area contributed by atoms with Crippen LogP contribution in [0, 0.1) is 5.92 Å². The molecule has 0 heterocycles. The summed E-state index contributed by atoms with van der Waals surface area (Å²) in [5.41, 5.74) is 2.98. The molecular formula is C14H29N. The van der Waals surface area contributed by atoms with Crippen LogP contribution >= 0.6 is 0 Å². The zero-order valence-corrected chi connectivity index (χ0v) is 11.3. The molecule has 0 aliphatic heterocycles. The van der Waals surface area contributed by atoms with E-state index in [0.29, 0.717) is 0 Å². The summed E-state index contributed by atoms with van der Waals surface area (Å²) in [6.45, 7) is 11.1. The van der Waals surface area contributed by atoms with Gasteiger partial charge in [-0.1, -0.05) is 37.1 Å². The van der Waals surface area contributed by atoms with Gasteiger partial charge in [-0.15, -0.1) is 0 Å². The van der Waals surface area contributed by atoms with E-state index in [9.17, 15) is 0 Å². The average molecular weight is 211 g/mol. The van der Waals surface area contributed by atoms with Crippen molar-refractivity contribution in [2.75, 3.05) is 0 Å². The van der Waals surface area contributed by atoms with E-state index in [1.54, 1.807) is 5.57 Å². The van der Waals surface area contributed by atoms with Gasteiger partial charge in [0.05, 0.1) is 0 Å². The van der Waals surface area contributed by atoms with Gasteiger partial charge in [0.1, 0.15) is 0 Å². The Kier molecular flexibility index (Phi) is 11.2. The van der Waals surface area contributed by atoms with Crippen LogP contribution in [-0.2, 0) is 0 Å². The van der Waals surface area contributed by atoms with Gasteiger partial charge in [0.2, 0.25) is 0 Å². The van der Waals surface area contributed by atoms with E-state index in [-0.39, 0.29) is 6.15 Å². The molecule has 90 valence electrons. The lowest BCUT2D eigenvalue weighted by molar-refractivity contribution is 0.599. The first-order chi connectivity index (χ1) is 6.60. The lowest BCUT2D eigenvalue weighted by Crippen LogP contribution is -1.92. The average Bonchev–Trinajstić information content (AvgIpc) is 2.13. The molecule has 0 aromatic rings. The second kappa shape index (κ2) is 9.97. The molecule has 1 heteroatoms. The Balaban J connectivity index is 0. The molecule has 15 heavy (non-hydrogen) atoms. The van der Waals surface area contributed by atoms with Crippen molar-refractivity contribution < 1.29 is 0 Å². The lowest BCUT2D eigenvalue weighted by atomic mass is 9.98. The van der Waals surface area contributed by atoms with Crippen molar-refractivity contribution in [3.05, 3.63) is 23.3 Å². The van der Waals surface area contributed by atoms with Crippen molar-refractivity contribution in [3.8, 4) is 0 Å². The van der Waals surface area contributed by atoms with E-state index in [0.717, 1.165) is 5.92 Å². The number of allylic oxidation sites excluding steroid dienone is 4. The topological polar surface area (TPSA) is 35.0 Å². The van der Waals surface area contributed by atoms with E-state index in [2.05, 4.69) is 46.8 Å². The van der Waals surface area contributed by atoms with Gasteiger partial charge in [-0.3, -0.25) is 0 Å². The molecular weight excluding hydrogens is 182 g/mol. The third-order valence-corrected chi connectivity index (χ3v) is 2.66. The van der Waals surface area contributed by atoms with Crippen molar-refractivity contribution in [2.45, 2.75) is 60.3 Å². The highest BCUT2D eigenvalue weighted by molar-refractivity contribution is 5.03. The van der Waals surface area contributed by atoms with E-state index in [1.165, 1.54) is 31.3 Å². The van der Waals surface area contributed by atoms with Gasteiger partial charge in [-0.25, -0.2) is 0 Å². The van der Waals surface area contributed by atoms with Gasteiger partial charge in [-0.2, -0.15) is 0 Å². The van der Waals surface area contributed by atoms with Crippen molar-refractivity contribution in [2.24, 2.45) is 5.92 Å². The lowest BCUT2D eigenvalue weighted by Gasteiger charge is -2.08. The molecule has 0 saturated heterocycles. The third-order valence-electron chi connectivity index (χ3n) is 2.66. The van der Waals surface area contributed by atoms with Crippen LogP contribution in [0.3, 0.4) is 0 Å². The highest BCUT2D eigenvalue weighted by atomic mass is 14.0. The SMILES string of the molecule is CCC(/C=C(\C)CCC=C(C)C)CC.N.